The van der Waals surface area contributed by atoms with Crippen LogP contribution in [0.1, 0.15) is 26.2 Å². The fourth-order valence-corrected chi connectivity index (χ4v) is 2.16. The van der Waals surface area contributed by atoms with Crippen LogP contribution in [0, 0.1) is 0 Å². The number of rotatable bonds is 5. The van der Waals surface area contributed by atoms with E-state index in [0.29, 0.717) is 0 Å². The molecule has 1 aliphatic carbocycles. The van der Waals surface area contributed by atoms with Gasteiger partial charge in [0, 0.05) is 5.75 Å². The molecule has 0 aromatic rings. The van der Waals surface area contributed by atoms with Gasteiger partial charge < -0.3 is 0 Å². The number of hydrogen-bond donors (Lipinski definition) is 0. The van der Waals surface area contributed by atoms with Crippen molar-refractivity contribution in [2.24, 2.45) is 0 Å². The molecule has 62 valence electrons. The summed E-state index contributed by atoms with van der Waals surface area (Å²) in [5, 5.41) is 0. The zero-order chi connectivity index (χ0) is 7.94. The van der Waals surface area contributed by atoms with E-state index in [1.807, 2.05) is 0 Å². The maximum absolute atomic E-state index is 2.25. The Morgan fingerprint density at radius 2 is 2.45 bits per heavy atom. The molecule has 0 radical (unpaired) electrons. The molecule has 1 heteroatoms. The van der Waals surface area contributed by atoms with Crippen LogP contribution in [0.3, 0.4) is 0 Å². The van der Waals surface area contributed by atoms with Gasteiger partial charge in [0.1, 0.15) is 0 Å². The van der Waals surface area contributed by atoms with Crippen LogP contribution in [0.15, 0.2) is 23.8 Å². The Hall–Kier alpha value is -0.170. The van der Waals surface area contributed by atoms with E-state index in [9.17, 15) is 0 Å². The molecule has 1 aliphatic rings. The molecular formula is C10H16S. The first-order valence-corrected chi connectivity index (χ1v) is 5.51. The van der Waals surface area contributed by atoms with E-state index < -0.39 is 0 Å². The zero-order valence-electron chi connectivity index (χ0n) is 7.18. The summed E-state index contributed by atoms with van der Waals surface area (Å²) in [6.07, 6.45) is 10.5. The van der Waals surface area contributed by atoms with Crippen LogP contribution in [0.4, 0.5) is 0 Å². The molecule has 0 unspecified atom stereocenters. The first kappa shape index (κ1) is 8.92. The molecule has 0 atom stereocenters. The first-order chi connectivity index (χ1) is 5.43. The van der Waals surface area contributed by atoms with E-state index >= 15 is 0 Å². The van der Waals surface area contributed by atoms with Gasteiger partial charge in [-0.25, -0.2) is 0 Å². The van der Waals surface area contributed by atoms with Gasteiger partial charge in [0.25, 0.3) is 0 Å². The number of thioether (sulfide) groups is 1. The van der Waals surface area contributed by atoms with E-state index in [2.05, 4.69) is 36.9 Å². The molecule has 0 aromatic heterocycles. The second kappa shape index (κ2) is 5.48. The average Bonchev–Trinajstić information content (AvgIpc) is 2.50. The van der Waals surface area contributed by atoms with Crippen molar-refractivity contribution in [1.29, 1.82) is 0 Å². The maximum Gasteiger partial charge on any atom is 0.0149 e. The summed E-state index contributed by atoms with van der Waals surface area (Å²) in [6, 6.07) is 0. The Morgan fingerprint density at radius 1 is 1.55 bits per heavy atom. The molecule has 0 amide bonds. The predicted molar refractivity (Wildman–Crippen MR) is 54.1 cm³/mol. The summed E-state index contributed by atoms with van der Waals surface area (Å²) in [7, 11) is 0. The molecule has 11 heavy (non-hydrogen) atoms. The van der Waals surface area contributed by atoms with E-state index in [-0.39, 0.29) is 0 Å². The number of unbranched alkanes of at least 4 members (excludes halogenated alkanes) is 1. The summed E-state index contributed by atoms with van der Waals surface area (Å²) < 4.78 is 0. The summed E-state index contributed by atoms with van der Waals surface area (Å²) >= 11 is 2.07. The summed E-state index contributed by atoms with van der Waals surface area (Å²) in [6.45, 7) is 2.25. The highest BCUT2D eigenvalue weighted by molar-refractivity contribution is 7.99. The minimum atomic E-state index is 1.19. The van der Waals surface area contributed by atoms with Gasteiger partial charge in [-0.1, -0.05) is 37.1 Å². The van der Waals surface area contributed by atoms with Gasteiger partial charge in [-0.15, -0.1) is 0 Å². The van der Waals surface area contributed by atoms with Crippen molar-refractivity contribution < 1.29 is 0 Å². The minimum Gasteiger partial charge on any atom is -0.158 e. The normalized spacial score (nSPS) is 15.5. The average molecular weight is 168 g/mol. The molecule has 0 bridgehead atoms. The Kier molecular flexibility index (Phi) is 4.44. The third-order valence-corrected chi connectivity index (χ3v) is 2.93. The molecule has 0 aliphatic heterocycles. The summed E-state index contributed by atoms with van der Waals surface area (Å²) in [5.41, 5.74) is 1.59. The van der Waals surface area contributed by atoms with Crippen LogP contribution in [-0.4, -0.2) is 11.5 Å². The third kappa shape index (κ3) is 3.66. The maximum atomic E-state index is 2.25. The highest BCUT2D eigenvalue weighted by atomic mass is 32.2. The standard InChI is InChI=1S/C10H16S/c1-2-3-8-11-9-10-6-4-5-7-10/h4-6H,2-3,7-9H2,1H3. The van der Waals surface area contributed by atoms with E-state index in [1.54, 1.807) is 5.57 Å². The highest BCUT2D eigenvalue weighted by Gasteiger charge is 1.98. The number of allylic oxidation sites excluding steroid dienone is 3. The Balaban J connectivity index is 1.95. The largest absolute Gasteiger partial charge is 0.158 e. The minimum absolute atomic E-state index is 1.19. The lowest BCUT2D eigenvalue weighted by Crippen LogP contribution is -1.85. The monoisotopic (exact) mass is 168 g/mol. The Morgan fingerprint density at radius 3 is 3.09 bits per heavy atom. The molecule has 1 rings (SSSR count). The van der Waals surface area contributed by atoms with Crippen molar-refractivity contribution in [3.63, 3.8) is 0 Å². The van der Waals surface area contributed by atoms with Gasteiger partial charge in [0.2, 0.25) is 0 Å². The van der Waals surface area contributed by atoms with Gasteiger partial charge in [0.05, 0.1) is 0 Å². The van der Waals surface area contributed by atoms with Crippen molar-refractivity contribution in [2.45, 2.75) is 26.2 Å². The molecule has 0 nitrogen and oxygen atoms in total. The first-order valence-electron chi connectivity index (χ1n) is 4.36. The summed E-state index contributed by atoms with van der Waals surface area (Å²) in [4.78, 5) is 0. The Labute approximate surface area is 73.8 Å². The molecule has 0 N–H and O–H groups in total. The summed E-state index contributed by atoms with van der Waals surface area (Å²) in [5.74, 6) is 2.57. The smallest absolute Gasteiger partial charge is 0.0149 e. The predicted octanol–water partition coefficient (Wildman–Crippen LogP) is 3.41. The van der Waals surface area contributed by atoms with Gasteiger partial charge in [-0.3, -0.25) is 0 Å². The quantitative estimate of drug-likeness (QED) is 0.567. The van der Waals surface area contributed by atoms with Crippen LogP contribution in [0.25, 0.3) is 0 Å². The third-order valence-electron chi connectivity index (χ3n) is 1.78. The van der Waals surface area contributed by atoms with E-state index in [0.717, 1.165) is 0 Å². The second-order valence-electron chi connectivity index (χ2n) is 2.86. The van der Waals surface area contributed by atoms with Crippen molar-refractivity contribution in [2.75, 3.05) is 11.5 Å². The molecule has 0 fully saturated rings. The fourth-order valence-electron chi connectivity index (χ4n) is 1.05. The number of hydrogen-bond acceptors (Lipinski definition) is 1. The molecule has 0 saturated heterocycles. The van der Waals surface area contributed by atoms with E-state index in [4.69, 9.17) is 0 Å². The lowest BCUT2D eigenvalue weighted by atomic mass is 10.3. The lowest BCUT2D eigenvalue weighted by Gasteiger charge is -2.00. The van der Waals surface area contributed by atoms with Gasteiger partial charge in [-0.05, 0) is 18.6 Å². The van der Waals surface area contributed by atoms with Crippen LogP contribution >= 0.6 is 11.8 Å². The van der Waals surface area contributed by atoms with Crippen molar-refractivity contribution in [3.05, 3.63) is 23.8 Å². The van der Waals surface area contributed by atoms with Crippen molar-refractivity contribution in [3.8, 4) is 0 Å². The molecule has 0 aromatic carbocycles. The van der Waals surface area contributed by atoms with Crippen molar-refractivity contribution in [1.82, 2.24) is 0 Å². The Bertz CT molecular complexity index is 156. The SMILES string of the molecule is CCCCSCC1=CC=CC1. The van der Waals surface area contributed by atoms with Crippen LogP contribution in [0.2, 0.25) is 0 Å². The van der Waals surface area contributed by atoms with Gasteiger partial charge >= 0.3 is 0 Å². The molecule has 0 heterocycles. The fraction of sp³-hybridized carbons (Fsp3) is 0.600. The van der Waals surface area contributed by atoms with Crippen LogP contribution in [0.5, 0.6) is 0 Å². The lowest BCUT2D eigenvalue weighted by molar-refractivity contribution is 0.896. The van der Waals surface area contributed by atoms with Crippen LogP contribution in [-0.2, 0) is 0 Å². The molecule has 0 saturated carbocycles. The molecule has 0 spiro atoms. The van der Waals surface area contributed by atoms with Gasteiger partial charge in [-0.2, -0.15) is 11.8 Å². The van der Waals surface area contributed by atoms with Gasteiger partial charge in [0.15, 0.2) is 0 Å². The van der Waals surface area contributed by atoms with Crippen LogP contribution < -0.4 is 0 Å². The van der Waals surface area contributed by atoms with Crippen molar-refractivity contribution >= 4 is 11.8 Å². The zero-order valence-corrected chi connectivity index (χ0v) is 7.99. The topological polar surface area (TPSA) is 0 Å². The highest BCUT2D eigenvalue weighted by Crippen LogP contribution is 2.17. The van der Waals surface area contributed by atoms with E-state index in [1.165, 1.54) is 30.8 Å². The molecular weight excluding hydrogens is 152 g/mol. The second-order valence-corrected chi connectivity index (χ2v) is 3.97.